The molecule has 0 fully saturated rings. The van der Waals surface area contributed by atoms with Crippen molar-refractivity contribution in [2.75, 3.05) is 5.32 Å². The van der Waals surface area contributed by atoms with Gasteiger partial charge in [0.05, 0.1) is 0 Å². The Morgan fingerprint density at radius 1 is 1.00 bits per heavy atom. The molecule has 1 aromatic carbocycles. The predicted octanol–water partition coefficient (Wildman–Crippen LogP) is 3.19. The maximum Gasteiger partial charge on any atom is 0.337 e. The van der Waals surface area contributed by atoms with Crippen molar-refractivity contribution in [2.45, 2.75) is 6.61 Å². The standard InChI is InChI=1S/C18H16N4O3S/c23-17(21-22-18(24)20-14-4-2-1-3-5-14)16-15(8-11-26-16)25-12-13-6-9-19-10-7-13/h1-11H,12H2,(H,21,23)(H2,20,22,24). The molecular formula is C18H16N4O3S. The van der Waals surface area contributed by atoms with Gasteiger partial charge in [0.15, 0.2) is 0 Å². The number of amides is 3. The summed E-state index contributed by atoms with van der Waals surface area (Å²) in [6, 6.07) is 13.8. The molecular weight excluding hydrogens is 352 g/mol. The van der Waals surface area contributed by atoms with Crippen molar-refractivity contribution < 1.29 is 14.3 Å². The minimum Gasteiger partial charge on any atom is -0.487 e. The summed E-state index contributed by atoms with van der Waals surface area (Å²) in [5.74, 6) is 0.00233. The number of hydrogen-bond donors (Lipinski definition) is 3. The van der Waals surface area contributed by atoms with Gasteiger partial charge in [-0.3, -0.25) is 15.2 Å². The number of ether oxygens (including phenoxy) is 1. The molecule has 3 amide bonds. The molecule has 0 aliphatic carbocycles. The van der Waals surface area contributed by atoms with Gasteiger partial charge in [-0.15, -0.1) is 11.3 Å². The molecule has 0 aliphatic heterocycles. The zero-order chi connectivity index (χ0) is 18.2. The Labute approximate surface area is 154 Å². The van der Waals surface area contributed by atoms with Crippen LogP contribution in [0.15, 0.2) is 66.3 Å². The molecule has 3 rings (SSSR count). The number of hydrogen-bond acceptors (Lipinski definition) is 5. The van der Waals surface area contributed by atoms with Gasteiger partial charge in [-0.05, 0) is 41.3 Å². The average molecular weight is 368 g/mol. The van der Waals surface area contributed by atoms with Gasteiger partial charge in [-0.2, -0.15) is 0 Å². The van der Waals surface area contributed by atoms with Gasteiger partial charge in [0.25, 0.3) is 5.91 Å². The smallest absolute Gasteiger partial charge is 0.337 e. The van der Waals surface area contributed by atoms with Crippen LogP contribution in [0.5, 0.6) is 5.75 Å². The monoisotopic (exact) mass is 368 g/mol. The summed E-state index contributed by atoms with van der Waals surface area (Å²) in [6.07, 6.45) is 3.35. The van der Waals surface area contributed by atoms with Crippen LogP contribution in [0.1, 0.15) is 15.2 Å². The number of carbonyl (C=O) groups is 2. The molecule has 7 nitrogen and oxygen atoms in total. The van der Waals surface area contributed by atoms with Crippen molar-refractivity contribution in [1.29, 1.82) is 0 Å². The molecule has 0 unspecified atom stereocenters. The van der Waals surface area contributed by atoms with E-state index in [9.17, 15) is 9.59 Å². The summed E-state index contributed by atoms with van der Waals surface area (Å²) in [6.45, 7) is 0.321. The van der Waals surface area contributed by atoms with E-state index in [1.54, 1.807) is 48.1 Å². The van der Waals surface area contributed by atoms with Crippen LogP contribution in [-0.2, 0) is 6.61 Å². The van der Waals surface area contributed by atoms with E-state index < -0.39 is 11.9 Å². The highest BCUT2D eigenvalue weighted by Crippen LogP contribution is 2.25. The highest BCUT2D eigenvalue weighted by atomic mass is 32.1. The lowest BCUT2D eigenvalue weighted by Crippen LogP contribution is -2.43. The maximum absolute atomic E-state index is 12.3. The first-order valence-corrected chi connectivity index (χ1v) is 8.62. The molecule has 0 atom stereocenters. The summed E-state index contributed by atoms with van der Waals surface area (Å²) < 4.78 is 5.68. The number of nitrogens with one attached hydrogen (secondary N) is 3. The first-order valence-electron chi connectivity index (χ1n) is 7.74. The van der Waals surface area contributed by atoms with E-state index >= 15 is 0 Å². The van der Waals surface area contributed by atoms with Crippen molar-refractivity contribution >= 4 is 29.0 Å². The van der Waals surface area contributed by atoms with Crippen LogP contribution in [0.25, 0.3) is 0 Å². The number of carbonyl (C=O) groups excluding carboxylic acids is 2. The third-order valence-corrected chi connectivity index (χ3v) is 4.19. The van der Waals surface area contributed by atoms with Crippen molar-refractivity contribution in [1.82, 2.24) is 15.8 Å². The molecule has 2 heterocycles. The zero-order valence-electron chi connectivity index (χ0n) is 13.6. The van der Waals surface area contributed by atoms with Crippen LogP contribution in [0.2, 0.25) is 0 Å². The van der Waals surface area contributed by atoms with Crippen LogP contribution in [-0.4, -0.2) is 16.9 Å². The second-order valence-corrected chi connectivity index (χ2v) is 6.07. The molecule has 0 aliphatic rings. The maximum atomic E-state index is 12.3. The highest BCUT2D eigenvalue weighted by Gasteiger charge is 2.15. The van der Waals surface area contributed by atoms with Crippen LogP contribution in [0.3, 0.4) is 0 Å². The van der Waals surface area contributed by atoms with Gasteiger partial charge in [-0.25, -0.2) is 10.2 Å². The average Bonchev–Trinajstić information content (AvgIpc) is 3.15. The van der Waals surface area contributed by atoms with Crippen molar-refractivity contribution in [3.05, 3.63) is 76.7 Å². The Morgan fingerprint density at radius 3 is 2.54 bits per heavy atom. The molecule has 0 saturated carbocycles. The fraction of sp³-hybridized carbons (Fsp3) is 0.0556. The first-order chi connectivity index (χ1) is 12.7. The second-order valence-electron chi connectivity index (χ2n) is 5.16. The third kappa shape index (κ3) is 4.81. The van der Waals surface area contributed by atoms with E-state index in [-0.39, 0.29) is 0 Å². The van der Waals surface area contributed by atoms with Crippen LogP contribution < -0.4 is 20.9 Å². The van der Waals surface area contributed by atoms with Gasteiger partial charge in [0, 0.05) is 18.1 Å². The summed E-state index contributed by atoms with van der Waals surface area (Å²) >= 11 is 1.23. The number of aromatic nitrogens is 1. The molecule has 2 aromatic heterocycles. The molecule has 3 N–H and O–H groups in total. The molecule has 3 aromatic rings. The molecule has 0 spiro atoms. The van der Waals surface area contributed by atoms with E-state index in [2.05, 4.69) is 21.2 Å². The Balaban J connectivity index is 1.52. The van der Waals surface area contributed by atoms with Gasteiger partial charge in [0.2, 0.25) is 0 Å². The number of hydrazine groups is 1. The number of benzene rings is 1. The Kier molecular flexibility index (Phi) is 5.79. The Morgan fingerprint density at radius 2 is 1.77 bits per heavy atom. The predicted molar refractivity (Wildman–Crippen MR) is 99.0 cm³/mol. The molecule has 8 heteroatoms. The van der Waals surface area contributed by atoms with Gasteiger partial charge in [-0.1, -0.05) is 18.2 Å². The van der Waals surface area contributed by atoms with Crippen LogP contribution in [0.4, 0.5) is 10.5 Å². The fourth-order valence-electron chi connectivity index (χ4n) is 2.07. The number of para-hydroxylation sites is 1. The van der Waals surface area contributed by atoms with Crippen LogP contribution in [0, 0.1) is 0 Å². The summed E-state index contributed by atoms with van der Waals surface area (Å²) in [5, 5.41) is 4.36. The lowest BCUT2D eigenvalue weighted by molar-refractivity contribution is 0.0938. The number of pyridine rings is 1. The fourth-order valence-corrected chi connectivity index (χ4v) is 2.80. The zero-order valence-corrected chi connectivity index (χ0v) is 14.5. The van der Waals surface area contributed by atoms with Crippen molar-refractivity contribution in [2.24, 2.45) is 0 Å². The lowest BCUT2D eigenvalue weighted by atomic mass is 10.3. The van der Waals surface area contributed by atoms with Crippen molar-refractivity contribution in [3.8, 4) is 5.75 Å². The second kappa shape index (κ2) is 8.63. The molecule has 0 radical (unpaired) electrons. The number of rotatable bonds is 5. The summed E-state index contributed by atoms with van der Waals surface area (Å²) in [7, 11) is 0. The molecule has 26 heavy (non-hydrogen) atoms. The van der Waals surface area contributed by atoms with Gasteiger partial charge < -0.3 is 10.1 Å². The van der Waals surface area contributed by atoms with E-state index in [1.807, 2.05) is 18.2 Å². The number of nitrogens with zero attached hydrogens (tertiary/aromatic N) is 1. The third-order valence-electron chi connectivity index (χ3n) is 3.30. The summed E-state index contributed by atoms with van der Waals surface area (Å²) in [5.41, 5.74) is 6.24. The van der Waals surface area contributed by atoms with E-state index in [0.29, 0.717) is 22.9 Å². The molecule has 0 bridgehead atoms. The SMILES string of the molecule is O=C(NNC(=O)c1sccc1OCc1ccncc1)Nc1ccccc1. The number of urea groups is 1. The van der Waals surface area contributed by atoms with Gasteiger partial charge >= 0.3 is 6.03 Å². The van der Waals surface area contributed by atoms with Gasteiger partial charge in [0.1, 0.15) is 17.2 Å². The highest BCUT2D eigenvalue weighted by molar-refractivity contribution is 7.12. The minimum absolute atomic E-state index is 0.321. The molecule has 0 saturated heterocycles. The Bertz CT molecular complexity index is 868. The minimum atomic E-state index is -0.541. The summed E-state index contributed by atoms with van der Waals surface area (Å²) in [4.78, 5) is 28.4. The number of thiophene rings is 1. The van der Waals surface area contributed by atoms with E-state index in [1.165, 1.54) is 11.3 Å². The topological polar surface area (TPSA) is 92.4 Å². The van der Waals surface area contributed by atoms with Crippen molar-refractivity contribution in [3.63, 3.8) is 0 Å². The molecule has 132 valence electrons. The lowest BCUT2D eigenvalue weighted by Gasteiger charge is -2.10. The largest absolute Gasteiger partial charge is 0.487 e. The quantitative estimate of drug-likeness (QED) is 0.603. The first kappa shape index (κ1) is 17.4. The Hall–Kier alpha value is -3.39. The van der Waals surface area contributed by atoms with E-state index in [4.69, 9.17) is 4.74 Å². The normalized spacial score (nSPS) is 10.0. The number of anilines is 1. The van der Waals surface area contributed by atoms with Crippen LogP contribution >= 0.6 is 11.3 Å². The van der Waals surface area contributed by atoms with E-state index in [0.717, 1.165) is 5.56 Å².